The zero-order valence-electron chi connectivity index (χ0n) is 38.1. The lowest BCUT2D eigenvalue weighted by Crippen LogP contribution is -2.44. The first-order chi connectivity index (χ1) is 34.0. The largest absolute Gasteiger partial charge is 0.492 e. The monoisotopic (exact) mass is 935 g/mol. The highest BCUT2D eigenvalue weighted by molar-refractivity contribution is 6.33. The summed E-state index contributed by atoms with van der Waals surface area (Å²) in [5.41, 5.74) is 6.30. The summed E-state index contributed by atoms with van der Waals surface area (Å²) in [4.78, 5) is 34.6. The van der Waals surface area contributed by atoms with Gasteiger partial charge in [0, 0.05) is 112 Å². The number of nitrogens with one attached hydrogen (secondary N) is 4. The summed E-state index contributed by atoms with van der Waals surface area (Å²) in [7, 11) is 2.15. The second-order valence-electron chi connectivity index (χ2n) is 17.3. The van der Waals surface area contributed by atoms with Crippen LogP contribution in [0.4, 0.5) is 28.7 Å². The second-order valence-corrected chi connectivity index (χ2v) is 17.7. The molecule has 6 aromatic heterocycles. The fourth-order valence-corrected chi connectivity index (χ4v) is 9.44. The number of benzene rings is 4. The molecule has 0 aliphatic carbocycles. The summed E-state index contributed by atoms with van der Waals surface area (Å²) in [6, 6.07) is 30.3. The molecule has 0 radical (unpaired) electrons. The summed E-state index contributed by atoms with van der Waals surface area (Å²) in [6.45, 7) is 8.15. The smallest absolute Gasteiger partial charge is 0.157 e. The van der Waals surface area contributed by atoms with Crippen molar-refractivity contribution in [3.8, 4) is 28.5 Å². The van der Waals surface area contributed by atoms with Crippen LogP contribution in [0.3, 0.4) is 0 Å². The number of para-hydroxylation sites is 2. The minimum atomic E-state index is 0.657. The van der Waals surface area contributed by atoms with Gasteiger partial charge in [0.1, 0.15) is 36.6 Å². The van der Waals surface area contributed by atoms with Crippen LogP contribution in [-0.4, -0.2) is 120 Å². The first kappa shape index (κ1) is 43.8. The zero-order chi connectivity index (χ0) is 46.5. The molecule has 4 aromatic carbocycles. The summed E-state index contributed by atoms with van der Waals surface area (Å²) in [6.07, 6.45) is 14.3. The molecule has 0 unspecified atom stereocenters. The van der Waals surface area contributed by atoms with E-state index in [1.165, 1.54) is 45.0 Å². The second kappa shape index (κ2) is 19.8. The Morgan fingerprint density at radius 1 is 0.623 bits per heavy atom. The van der Waals surface area contributed by atoms with Crippen LogP contribution >= 0.6 is 11.6 Å². The van der Waals surface area contributed by atoms with Gasteiger partial charge in [0.05, 0.1) is 21.7 Å². The molecule has 69 heavy (non-hydrogen) atoms. The van der Waals surface area contributed by atoms with Crippen molar-refractivity contribution in [2.75, 3.05) is 75.0 Å². The van der Waals surface area contributed by atoms with E-state index in [4.69, 9.17) is 26.3 Å². The zero-order valence-corrected chi connectivity index (χ0v) is 38.9. The third-order valence-corrected chi connectivity index (χ3v) is 13.2. The molecule has 2 fully saturated rings. The number of piperidine rings is 1. The Hall–Kier alpha value is -7.79. The van der Waals surface area contributed by atoms with Gasteiger partial charge in [0.2, 0.25) is 0 Å². The molecule has 16 nitrogen and oxygen atoms in total. The molecular formula is C52H50ClN15O. The van der Waals surface area contributed by atoms with Crippen molar-refractivity contribution < 1.29 is 4.74 Å². The summed E-state index contributed by atoms with van der Waals surface area (Å²) < 4.78 is 5.99. The van der Waals surface area contributed by atoms with E-state index in [0.29, 0.717) is 29.1 Å². The molecule has 346 valence electrons. The molecular weight excluding hydrogens is 886 g/mol. The van der Waals surface area contributed by atoms with Crippen LogP contribution in [0.2, 0.25) is 5.02 Å². The Morgan fingerprint density at radius 2 is 1.23 bits per heavy atom. The topological polar surface area (TPSA) is 178 Å². The highest BCUT2D eigenvalue weighted by atomic mass is 35.5. The number of hydrogen-bond donors (Lipinski definition) is 4. The molecule has 8 heterocycles. The number of aromatic nitrogens is 10. The van der Waals surface area contributed by atoms with Crippen molar-refractivity contribution in [1.29, 1.82) is 0 Å². The SMILES string of the molecule is CN1CCN(c2ccc(Nc3nc4c(-c5ncn[nH]5)cccc4c4cnccc34)c(Cl)c2)CC1.c1cc(-c2ncn[nH]2)c2nc(Nc3ccc(OCCN4CCCCC4)cc3)c3ccncc3c2c1. The molecule has 0 bridgehead atoms. The van der Waals surface area contributed by atoms with Crippen molar-refractivity contribution in [2.45, 2.75) is 19.3 Å². The first-order valence-electron chi connectivity index (χ1n) is 23.3. The number of anilines is 5. The quantitative estimate of drug-likeness (QED) is 0.0901. The minimum absolute atomic E-state index is 0.657. The van der Waals surface area contributed by atoms with Crippen molar-refractivity contribution in [1.82, 2.24) is 60.1 Å². The van der Waals surface area contributed by atoms with E-state index in [0.717, 1.165) is 116 Å². The molecule has 10 aromatic rings. The van der Waals surface area contributed by atoms with Gasteiger partial charge in [-0.25, -0.2) is 19.9 Å². The molecule has 0 spiro atoms. The Balaban J connectivity index is 0.000000151. The number of H-pyrrole nitrogens is 2. The fourth-order valence-electron chi connectivity index (χ4n) is 9.22. The number of nitrogens with zero attached hydrogens (tertiary/aromatic N) is 11. The van der Waals surface area contributed by atoms with Gasteiger partial charge in [-0.2, -0.15) is 10.2 Å². The van der Waals surface area contributed by atoms with E-state index in [1.54, 1.807) is 12.4 Å². The molecule has 2 aliphatic heterocycles. The van der Waals surface area contributed by atoms with Crippen molar-refractivity contribution >= 4 is 83.6 Å². The van der Waals surface area contributed by atoms with Crippen LogP contribution in [0.25, 0.3) is 66.1 Å². The van der Waals surface area contributed by atoms with Crippen LogP contribution in [-0.2, 0) is 0 Å². The highest BCUT2D eigenvalue weighted by Gasteiger charge is 2.19. The number of pyridine rings is 4. The molecule has 4 N–H and O–H groups in total. The summed E-state index contributed by atoms with van der Waals surface area (Å²) in [5, 5.41) is 27.6. The van der Waals surface area contributed by atoms with E-state index in [-0.39, 0.29) is 0 Å². The number of likely N-dealkylation sites (tertiary alicyclic amines) is 1. The van der Waals surface area contributed by atoms with Gasteiger partial charge in [0.15, 0.2) is 11.6 Å². The van der Waals surface area contributed by atoms with E-state index in [9.17, 15) is 0 Å². The molecule has 2 saturated heterocycles. The van der Waals surface area contributed by atoms with Crippen molar-refractivity contribution in [3.05, 3.63) is 133 Å². The Labute approximate surface area is 403 Å². The van der Waals surface area contributed by atoms with Gasteiger partial charge in [-0.1, -0.05) is 42.3 Å². The van der Waals surface area contributed by atoms with Gasteiger partial charge in [-0.3, -0.25) is 25.1 Å². The maximum atomic E-state index is 6.75. The van der Waals surface area contributed by atoms with Gasteiger partial charge in [0.25, 0.3) is 0 Å². The standard InChI is InChI=1S/C27H27N7O.C25H23ClN8/c1-2-13-34(14-3-1)15-16-35-20-9-7-19(8-10-20)31-27-22-11-12-28-17-24(22)21-5-4-6-23(25(21)32-27)26-29-18-30-33-26;1-33-9-11-34(12-10-33)16-5-6-22(21(26)13-16)30-25-18-7-8-27-14-20(18)17-3-2-4-19(23(17)31-25)24-28-15-29-32-24/h4-12,17-18H,1-3,13-16H2,(H,31,32)(H,29,30,33);2-8,13-15H,9-12H2,1H3,(H,30,31)(H,28,29,32). The lowest BCUT2D eigenvalue weighted by molar-refractivity contribution is 0.183. The Kier molecular flexibility index (Phi) is 12.6. The van der Waals surface area contributed by atoms with E-state index in [1.807, 2.05) is 91.3 Å². The number of hydrogen-bond acceptors (Lipinski definition) is 14. The number of fused-ring (bicyclic) bond motifs is 6. The highest BCUT2D eigenvalue weighted by Crippen LogP contribution is 2.38. The number of ether oxygens (including phenoxy) is 1. The molecule has 2 aliphatic rings. The number of rotatable bonds is 11. The van der Waals surface area contributed by atoms with Gasteiger partial charge < -0.3 is 25.2 Å². The van der Waals surface area contributed by atoms with Crippen molar-refractivity contribution in [3.63, 3.8) is 0 Å². The Morgan fingerprint density at radius 3 is 1.81 bits per heavy atom. The van der Waals surface area contributed by atoms with E-state index in [2.05, 4.69) is 84.8 Å². The minimum Gasteiger partial charge on any atom is -0.492 e. The predicted octanol–water partition coefficient (Wildman–Crippen LogP) is 9.89. The van der Waals surface area contributed by atoms with Crippen molar-refractivity contribution in [2.24, 2.45) is 0 Å². The average molecular weight is 937 g/mol. The van der Waals surface area contributed by atoms with Crippen LogP contribution in [0, 0.1) is 0 Å². The van der Waals surface area contributed by atoms with Gasteiger partial charge in [-0.05, 0) is 99.7 Å². The molecule has 0 amide bonds. The average Bonchev–Trinajstić information content (AvgIpc) is 4.15. The summed E-state index contributed by atoms with van der Waals surface area (Å²) >= 11 is 6.75. The third-order valence-electron chi connectivity index (χ3n) is 12.9. The van der Waals surface area contributed by atoms with Gasteiger partial charge >= 0.3 is 0 Å². The molecule has 17 heteroatoms. The Bertz CT molecular complexity index is 3360. The number of halogens is 1. The fraction of sp³-hybridized carbons (Fsp3) is 0.231. The molecule has 12 rings (SSSR count). The maximum absolute atomic E-state index is 6.75. The lowest BCUT2D eigenvalue weighted by atomic mass is 10.0. The predicted molar refractivity (Wildman–Crippen MR) is 275 cm³/mol. The van der Waals surface area contributed by atoms with Crippen LogP contribution in [0.1, 0.15) is 19.3 Å². The van der Waals surface area contributed by atoms with Gasteiger partial charge in [-0.15, -0.1) is 0 Å². The maximum Gasteiger partial charge on any atom is 0.157 e. The number of aromatic amines is 2. The third kappa shape index (κ3) is 9.41. The number of likely N-dealkylation sites (N-methyl/N-ethyl adjacent to an activating group) is 1. The van der Waals surface area contributed by atoms with E-state index >= 15 is 0 Å². The van der Waals surface area contributed by atoms with Crippen LogP contribution in [0.15, 0.2) is 128 Å². The normalized spacial score (nSPS) is 14.6. The lowest BCUT2D eigenvalue weighted by Gasteiger charge is -2.34. The van der Waals surface area contributed by atoms with Crippen LogP contribution < -0.4 is 20.3 Å². The molecule has 0 saturated carbocycles. The van der Waals surface area contributed by atoms with Crippen LogP contribution in [0.5, 0.6) is 5.75 Å². The first-order valence-corrected chi connectivity index (χ1v) is 23.7. The van der Waals surface area contributed by atoms with E-state index < -0.39 is 0 Å². The number of piperazine rings is 1. The summed E-state index contributed by atoms with van der Waals surface area (Å²) in [5.74, 6) is 3.71. The molecule has 0 atom stereocenters.